The number of rotatable bonds is 4. The summed E-state index contributed by atoms with van der Waals surface area (Å²) in [5.41, 5.74) is 1.26. The molecule has 2 aromatic rings. The molecule has 1 aromatic carbocycles. The Bertz CT molecular complexity index is 589. The summed E-state index contributed by atoms with van der Waals surface area (Å²) in [5.74, 6) is 0.715. The van der Waals surface area contributed by atoms with Gasteiger partial charge in [0.2, 0.25) is 11.7 Å². The van der Waals surface area contributed by atoms with Gasteiger partial charge >= 0.3 is 5.97 Å². The predicted octanol–water partition coefficient (Wildman–Crippen LogP) is 2.84. The van der Waals surface area contributed by atoms with Gasteiger partial charge in [0.15, 0.2) is 0 Å². The van der Waals surface area contributed by atoms with Gasteiger partial charge < -0.3 is 13.9 Å². The lowest BCUT2D eigenvalue weighted by Crippen LogP contribution is -2.04. The summed E-state index contributed by atoms with van der Waals surface area (Å²) in [5, 5.41) is 0. The number of hydrogen-bond donors (Lipinski definition) is 0. The third-order valence-corrected chi connectivity index (χ3v) is 2.57. The molecule has 0 aliphatic carbocycles. The van der Waals surface area contributed by atoms with Crippen molar-refractivity contribution in [2.75, 3.05) is 13.7 Å². The number of oxazole rings is 1. The number of nitrogens with zero attached hydrogens (tertiary/aromatic N) is 1. The summed E-state index contributed by atoms with van der Waals surface area (Å²) < 4.78 is 15.5. The quantitative estimate of drug-likeness (QED) is 0.792. The largest absolute Gasteiger partial charge is 0.497 e. The minimum Gasteiger partial charge on any atom is -0.497 e. The summed E-state index contributed by atoms with van der Waals surface area (Å²) in [7, 11) is 1.59. The number of hydrogen-bond acceptors (Lipinski definition) is 5. The van der Waals surface area contributed by atoms with Crippen LogP contribution in [0.3, 0.4) is 0 Å². The third-order valence-electron chi connectivity index (χ3n) is 2.57. The zero-order valence-electron chi connectivity index (χ0n) is 11.1. The van der Waals surface area contributed by atoms with E-state index in [4.69, 9.17) is 13.9 Å². The molecule has 2 rings (SSSR count). The molecule has 0 fully saturated rings. The average Bonchev–Trinajstić information content (AvgIpc) is 2.81. The van der Waals surface area contributed by atoms with Gasteiger partial charge in [0.25, 0.3) is 0 Å². The van der Waals surface area contributed by atoms with Crippen LogP contribution in [0.1, 0.15) is 23.2 Å². The first-order valence-electron chi connectivity index (χ1n) is 5.94. The summed E-state index contributed by atoms with van der Waals surface area (Å²) in [6.07, 6.45) is 0. The van der Waals surface area contributed by atoms with Crippen LogP contribution >= 0.6 is 0 Å². The first kappa shape index (κ1) is 13.1. The van der Waals surface area contributed by atoms with Crippen molar-refractivity contribution in [2.45, 2.75) is 13.8 Å². The molecule has 5 nitrogen and oxygen atoms in total. The molecule has 1 aromatic heterocycles. The molecule has 0 radical (unpaired) electrons. The lowest BCUT2D eigenvalue weighted by atomic mass is 10.2. The number of benzene rings is 1. The van der Waals surface area contributed by atoms with Crippen LogP contribution in [-0.2, 0) is 4.74 Å². The van der Waals surface area contributed by atoms with E-state index in [0.29, 0.717) is 23.9 Å². The maximum Gasteiger partial charge on any atom is 0.376 e. The maximum absolute atomic E-state index is 11.7. The van der Waals surface area contributed by atoms with Crippen molar-refractivity contribution in [2.24, 2.45) is 0 Å². The van der Waals surface area contributed by atoms with E-state index in [1.54, 1.807) is 27.0 Å². The minimum absolute atomic E-state index is 0.139. The van der Waals surface area contributed by atoms with E-state index in [-0.39, 0.29) is 5.76 Å². The number of esters is 1. The Hall–Kier alpha value is -2.30. The van der Waals surface area contributed by atoms with Gasteiger partial charge in [0.1, 0.15) is 5.75 Å². The van der Waals surface area contributed by atoms with Crippen molar-refractivity contribution in [3.05, 3.63) is 35.7 Å². The van der Waals surface area contributed by atoms with E-state index in [1.807, 2.05) is 18.2 Å². The number of ether oxygens (including phenoxy) is 2. The van der Waals surface area contributed by atoms with Crippen LogP contribution in [0, 0.1) is 6.92 Å². The Morgan fingerprint density at radius 1 is 1.42 bits per heavy atom. The number of carbonyl (C=O) groups excluding carboxylic acids is 1. The van der Waals surface area contributed by atoms with Gasteiger partial charge in [-0.25, -0.2) is 9.78 Å². The van der Waals surface area contributed by atoms with E-state index in [0.717, 1.165) is 5.56 Å². The zero-order valence-corrected chi connectivity index (χ0v) is 11.1. The monoisotopic (exact) mass is 261 g/mol. The van der Waals surface area contributed by atoms with Crippen molar-refractivity contribution in [3.63, 3.8) is 0 Å². The van der Waals surface area contributed by atoms with Gasteiger partial charge in [-0.3, -0.25) is 0 Å². The highest BCUT2D eigenvalue weighted by Gasteiger charge is 2.19. The third kappa shape index (κ3) is 2.76. The summed E-state index contributed by atoms with van der Waals surface area (Å²) >= 11 is 0. The second kappa shape index (κ2) is 5.56. The van der Waals surface area contributed by atoms with Gasteiger partial charge in [-0.1, -0.05) is 6.07 Å². The maximum atomic E-state index is 11.7. The Labute approximate surface area is 111 Å². The Morgan fingerprint density at radius 2 is 2.21 bits per heavy atom. The lowest BCUT2D eigenvalue weighted by molar-refractivity contribution is 0.0490. The second-order valence-electron chi connectivity index (χ2n) is 3.89. The second-order valence-corrected chi connectivity index (χ2v) is 3.89. The number of methoxy groups -OCH3 is 1. The van der Waals surface area contributed by atoms with Crippen molar-refractivity contribution >= 4 is 5.97 Å². The van der Waals surface area contributed by atoms with Gasteiger partial charge in [0.05, 0.1) is 19.4 Å². The van der Waals surface area contributed by atoms with Crippen molar-refractivity contribution in [1.29, 1.82) is 0 Å². The van der Waals surface area contributed by atoms with Crippen molar-refractivity contribution in [3.8, 4) is 17.2 Å². The topological polar surface area (TPSA) is 61.6 Å². The molecule has 0 amide bonds. The first-order valence-corrected chi connectivity index (χ1v) is 5.94. The summed E-state index contributed by atoms with van der Waals surface area (Å²) in [6.45, 7) is 3.75. The van der Waals surface area contributed by atoms with Crippen LogP contribution in [-0.4, -0.2) is 24.7 Å². The first-order chi connectivity index (χ1) is 9.15. The highest BCUT2D eigenvalue weighted by molar-refractivity contribution is 5.87. The van der Waals surface area contributed by atoms with Crippen LogP contribution in [0.4, 0.5) is 0 Å². The fourth-order valence-corrected chi connectivity index (χ4v) is 1.66. The molecule has 0 saturated carbocycles. The van der Waals surface area contributed by atoms with Crippen molar-refractivity contribution < 1.29 is 18.7 Å². The smallest absolute Gasteiger partial charge is 0.376 e. The van der Waals surface area contributed by atoms with E-state index in [1.165, 1.54) is 0 Å². The molecule has 0 aliphatic heterocycles. The van der Waals surface area contributed by atoms with Crippen LogP contribution in [0.15, 0.2) is 28.7 Å². The number of aryl methyl sites for hydroxylation is 1. The Morgan fingerprint density at radius 3 is 2.89 bits per heavy atom. The number of aromatic nitrogens is 1. The molecule has 0 saturated heterocycles. The minimum atomic E-state index is -0.498. The molecule has 0 spiro atoms. The highest BCUT2D eigenvalue weighted by atomic mass is 16.5. The van der Waals surface area contributed by atoms with Crippen LogP contribution in [0.5, 0.6) is 5.75 Å². The molecule has 0 aliphatic rings. The van der Waals surface area contributed by atoms with Crippen LogP contribution in [0.2, 0.25) is 0 Å². The molecule has 0 bridgehead atoms. The van der Waals surface area contributed by atoms with E-state index < -0.39 is 5.97 Å². The highest BCUT2D eigenvalue weighted by Crippen LogP contribution is 2.25. The number of carbonyl (C=O) groups is 1. The molecule has 19 heavy (non-hydrogen) atoms. The van der Waals surface area contributed by atoms with Crippen molar-refractivity contribution in [1.82, 2.24) is 4.98 Å². The van der Waals surface area contributed by atoms with Gasteiger partial charge in [-0.15, -0.1) is 0 Å². The van der Waals surface area contributed by atoms with Gasteiger partial charge in [0, 0.05) is 5.56 Å². The van der Waals surface area contributed by atoms with E-state index >= 15 is 0 Å². The zero-order chi connectivity index (χ0) is 13.8. The van der Waals surface area contributed by atoms with Gasteiger partial charge in [-0.2, -0.15) is 0 Å². The standard InChI is InChI=1S/C14H15NO4/c1-4-18-14(16)12-9(2)15-13(19-12)10-6-5-7-11(8-10)17-3/h5-8H,4H2,1-3H3. The van der Waals surface area contributed by atoms with E-state index in [9.17, 15) is 4.79 Å². The SMILES string of the molecule is CCOC(=O)c1oc(-c2cccc(OC)c2)nc1C. The van der Waals surface area contributed by atoms with Gasteiger partial charge in [-0.05, 0) is 32.0 Å². The molecular formula is C14H15NO4. The Kier molecular flexibility index (Phi) is 3.85. The fourth-order valence-electron chi connectivity index (χ4n) is 1.66. The molecule has 0 atom stereocenters. The predicted molar refractivity (Wildman–Crippen MR) is 69.2 cm³/mol. The fraction of sp³-hybridized carbons (Fsp3) is 0.286. The molecule has 0 N–H and O–H groups in total. The normalized spacial score (nSPS) is 10.3. The molecule has 100 valence electrons. The summed E-state index contributed by atoms with van der Waals surface area (Å²) in [6, 6.07) is 7.28. The molecule has 1 heterocycles. The molecule has 0 unspecified atom stereocenters. The van der Waals surface area contributed by atoms with E-state index in [2.05, 4.69) is 4.98 Å². The van der Waals surface area contributed by atoms with Crippen LogP contribution < -0.4 is 4.74 Å². The average molecular weight is 261 g/mol. The molecule has 5 heteroatoms. The molecular weight excluding hydrogens is 246 g/mol. The lowest BCUT2D eigenvalue weighted by Gasteiger charge is -2.00. The van der Waals surface area contributed by atoms with Crippen LogP contribution in [0.25, 0.3) is 11.5 Å². The Balaban J connectivity index is 2.36. The summed E-state index contributed by atoms with van der Waals surface area (Å²) in [4.78, 5) is 15.9.